The number of hydrazine groups is 1. The lowest BCUT2D eigenvalue weighted by Crippen LogP contribution is -2.54. The van der Waals surface area contributed by atoms with Crippen molar-refractivity contribution in [3.63, 3.8) is 0 Å². The first kappa shape index (κ1) is 46.9. The number of ether oxygens (including phenoxy) is 1. The van der Waals surface area contributed by atoms with Crippen LogP contribution in [0.2, 0.25) is 0 Å². The number of anilines is 1. The lowest BCUT2D eigenvalue weighted by molar-refractivity contribution is -0.129. The first-order valence-electron chi connectivity index (χ1n) is 20.8. The van der Waals surface area contributed by atoms with Gasteiger partial charge in [0.2, 0.25) is 17.7 Å². The number of benzene rings is 4. The highest BCUT2D eigenvalue weighted by atomic mass is 16.5. The van der Waals surface area contributed by atoms with Crippen molar-refractivity contribution in [3.05, 3.63) is 119 Å². The Morgan fingerprint density at radius 1 is 0.778 bits per heavy atom. The Kier molecular flexibility index (Phi) is 16.5. The van der Waals surface area contributed by atoms with Crippen molar-refractivity contribution in [2.24, 2.45) is 23.3 Å². The molecule has 5 rings (SSSR count). The summed E-state index contributed by atoms with van der Waals surface area (Å²) in [5.41, 5.74) is 19.8. The second-order valence-electron chi connectivity index (χ2n) is 16.0. The van der Waals surface area contributed by atoms with Crippen molar-refractivity contribution in [2.75, 3.05) is 18.5 Å². The molecule has 4 aromatic carbocycles. The minimum Gasteiger partial charge on any atom is -0.508 e. The Hall–Kier alpha value is -7.14. The fraction of sp³-hybridized carbons (Fsp3) is 0.348. The lowest BCUT2D eigenvalue weighted by atomic mass is 9.96. The molecule has 17 nitrogen and oxygen atoms in total. The van der Waals surface area contributed by atoms with E-state index < -0.39 is 65.9 Å². The van der Waals surface area contributed by atoms with Gasteiger partial charge < -0.3 is 47.7 Å². The fourth-order valence-corrected chi connectivity index (χ4v) is 7.43. The molecule has 0 saturated heterocycles. The van der Waals surface area contributed by atoms with Crippen LogP contribution in [0.15, 0.2) is 97.1 Å². The standard InChI is InChI=1S/C46H56N8O9/c1-27(2)40(52-45(60)63-26-38-36-11-6-4-9-34(36)35-10-5-7-12-37(35)38)43(58)51-39(13-8-22-49-44(48)59)42(57)50-32-18-14-30(15-19-32)25-54(46(61)62)53-41(56)28(3)23-31(47)24-29-16-20-33(55)21-17-29/h4-7,9-12,14-21,27-28,31,38-40,55H,8,13,22-26,47H2,1-3H3,(H,50,57)(H,51,58)(H,52,60)(H,53,56)(H,61,62)(H3,48,49,59). The van der Waals surface area contributed by atoms with Crippen LogP contribution < -0.4 is 38.2 Å². The first-order chi connectivity index (χ1) is 30.1. The monoisotopic (exact) mass is 864 g/mol. The van der Waals surface area contributed by atoms with Gasteiger partial charge in [0.05, 0.1) is 6.54 Å². The lowest BCUT2D eigenvalue weighted by Gasteiger charge is -2.25. The summed E-state index contributed by atoms with van der Waals surface area (Å²) in [6.45, 7) is 5.12. The number of nitrogens with two attached hydrogens (primary N) is 2. The number of phenols is 1. The third-order valence-electron chi connectivity index (χ3n) is 10.7. The number of hydrogen-bond donors (Lipinski definition) is 9. The van der Waals surface area contributed by atoms with Crippen molar-refractivity contribution in [3.8, 4) is 16.9 Å². The van der Waals surface area contributed by atoms with E-state index in [4.69, 9.17) is 16.2 Å². The van der Waals surface area contributed by atoms with Crippen LogP contribution in [-0.4, -0.2) is 82.4 Å². The van der Waals surface area contributed by atoms with E-state index >= 15 is 0 Å². The van der Waals surface area contributed by atoms with E-state index in [0.717, 1.165) is 32.8 Å². The summed E-state index contributed by atoms with van der Waals surface area (Å²) in [6, 6.07) is 25.4. The number of carboxylic acid groups (broad SMARTS) is 1. The molecular formula is C46H56N8O9. The van der Waals surface area contributed by atoms with Crippen molar-refractivity contribution in [2.45, 2.75) is 77.0 Å². The van der Waals surface area contributed by atoms with Gasteiger partial charge in [-0.15, -0.1) is 0 Å². The summed E-state index contributed by atoms with van der Waals surface area (Å²) in [4.78, 5) is 76.9. The third-order valence-corrected chi connectivity index (χ3v) is 10.7. The molecule has 4 unspecified atom stereocenters. The molecule has 4 atom stereocenters. The van der Waals surface area contributed by atoms with Crippen LogP contribution in [-0.2, 0) is 32.1 Å². The molecule has 0 saturated carbocycles. The van der Waals surface area contributed by atoms with Crippen LogP contribution in [0.1, 0.15) is 68.2 Å². The summed E-state index contributed by atoms with van der Waals surface area (Å²) in [5.74, 6) is -2.81. The number of fused-ring (bicyclic) bond motifs is 3. The van der Waals surface area contributed by atoms with Crippen molar-refractivity contribution >= 4 is 41.6 Å². The number of primary amides is 1. The summed E-state index contributed by atoms with van der Waals surface area (Å²) in [6.07, 6.45) is -1.07. The Labute approximate surface area is 365 Å². The van der Waals surface area contributed by atoms with Gasteiger partial charge in [0.25, 0.3) is 0 Å². The molecule has 1 aliphatic rings. The van der Waals surface area contributed by atoms with Crippen molar-refractivity contribution < 1.29 is 43.7 Å². The van der Waals surface area contributed by atoms with Crippen LogP contribution >= 0.6 is 0 Å². The molecule has 0 aromatic heterocycles. The van der Waals surface area contributed by atoms with E-state index in [1.54, 1.807) is 69.3 Å². The summed E-state index contributed by atoms with van der Waals surface area (Å²) in [5, 5.41) is 30.8. The van der Waals surface area contributed by atoms with E-state index in [0.29, 0.717) is 17.7 Å². The first-order valence-corrected chi connectivity index (χ1v) is 20.8. The highest BCUT2D eigenvalue weighted by Crippen LogP contribution is 2.44. The van der Waals surface area contributed by atoms with Crippen LogP contribution in [0.4, 0.5) is 20.1 Å². The molecule has 0 radical (unpaired) electrons. The molecule has 7 amide bonds. The van der Waals surface area contributed by atoms with E-state index in [2.05, 4.69) is 26.7 Å². The molecule has 0 heterocycles. The Bertz CT molecular complexity index is 2190. The largest absolute Gasteiger partial charge is 0.508 e. The molecular weight excluding hydrogens is 809 g/mol. The minimum atomic E-state index is -1.39. The number of rotatable bonds is 19. The average Bonchev–Trinajstić information content (AvgIpc) is 3.57. The van der Waals surface area contributed by atoms with Gasteiger partial charge in [-0.3, -0.25) is 19.8 Å². The second kappa shape index (κ2) is 22.1. The number of nitrogens with zero attached hydrogens (tertiary/aromatic N) is 1. The molecule has 63 heavy (non-hydrogen) atoms. The smallest absolute Gasteiger partial charge is 0.426 e. The predicted molar refractivity (Wildman–Crippen MR) is 236 cm³/mol. The summed E-state index contributed by atoms with van der Waals surface area (Å²) < 4.78 is 5.69. The maximum atomic E-state index is 13.7. The number of carbonyl (C=O) groups is 6. The summed E-state index contributed by atoms with van der Waals surface area (Å²) in [7, 11) is 0. The van der Waals surface area contributed by atoms with Crippen LogP contribution in [0.3, 0.4) is 0 Å². The SMILES string of the molecule is CC(CC(N)Cc1ccc(O)cc1)C(=O)NN(Cc1ccc(NC(=O)C(CCCNC(N)=O)NC(=O)C(NC(=O)OCC2c3ccccc3-c3ccccc32)C(C)C)cc1)C(=O)O. The quantitative estimate of drug-likeness (QED) is 0.0453. The number of hydrogen-bond acceptors (Lipinski definition) is 9. The number of phenolic OH excluding ortho intramolecular Hbond substituents is 1. The average molecular weight is 865 g/mol. The molecule has 0 aliphatic heterocycles. The highest BCUT2D eigenvalue weighted by molar-refractivity contribution is 5.98. The molecule has 1 aliphatic carbocycles. The normalized spacial score (nSPS) is 13.6. The van der Waals surface area contributed by atoms with Crippen LogP contribution in [0, 0.1) is 11.8 Å². The van der Waals surface area contributed by atoms with E-state index in [1.165, 1.54) is 0 Å². The van der Waals surface area contributed by atoms with Crippen molar-refractivity contribution in [1.82, 2.24) is 26.4 Å². The second-order valence-corrected chi connectivity index (χ2v) is 16.0. The fourth-order valence-electron chi connectivity index (χ4n) is 7.43. The van der Waals surface area contributed by atoms with E-state index in [-0.39, 0.29) is 50.6 Å². The maximum Gasteiger partial charge on any atom is 0.426 e. The molecule has 17 heteroatoms. The number of carbonyl (C=O) groups excluding carboxylic acids is 5. The molecule has 11 N–H and O–H groups in total. The molecule has 4 aromatic rings. The van der Waals surface area contributed by atoms with Gasteiger partial charge in [0.1, 0.15) is 24.4 Å². The number of nitrogens with one attached hydrogen (secondary N) is 5. The van der Waals surface area contributed by atoms with Gasteiger partial charge in [0, 0.05) is 30.1 Å². The van der Waals surface area contributed by atoms with Gasteiger partial charge in [0.15, 0.2) is 0 Å². The van der Waals surface area contributed by atoms with Gasteiger partial charge in [-0.2, -0.15) is 0 Å². The summed E-state index contributed by atoms with van der Waals surface area (Å²) >= 11 is 0. The number of alkyl carbamates (subject to hydrolysis) is 1. The Morgan fingerprint density at radius 3 is 1.97 bits per heavy atom. The van der Waals surface area contributed by atoms with Gasteiger partial charge in [-0.25, -0.2) is 19.4 Å². The Morgan fingerprint density at radius 2 is 1.38 bits per heavy atom. The minimum absolute atomic E-state index is 0.0458. The number of aromatic hydroxyl groups is 1. The van der Waals surface area contributed by atoms with Crippen LogP contribution in [0.5, 0.6) is 5.75 Å². The Balaban J connectivity index is 1.16. The molecule has 0 spiro atoms. The van der Waals surface area contributed by atoms with E-state index in [1.807, 2.05) is 48.5 Å². The molecule has 0 fully saturated rings. The number of amides is 7. The van der Waals surface area contributed by atoms with Crippen LogP contribution in [0.25, 0.3) is 11.1 Å². The van der Waals surface area contributed by atoms with Gasteiger partial charge in [-0.05, 0) is 89.2 Å². The third kappa shape index (κ3) is 13.4. The topological polar surface area (TPSA) is 268 Å². The predicted octanol–water partition coefficient (Wildman–Crippen LogP) is 4.93. The highest BCUT2D eigenvalue weighted by Gasteiger charge is 2.32. The van der Waals surface area contributed by atoms with Gasteiger partial charge in [-0.1, -0.05) is 93.6 Å². The van der Waals surface area contributed by atoms with Gasteiger partial charge >= 0.3 is 18.2 Å². The van der Waals surface area contributed by atoms with E-state index in [9.17, 15) is 39.0 Å². The zero-order valence-electron chi connectivity index (χ0n) is 35.5. The molecule has 0 bridgehead atoms. The van der Waals surface area contributed by atoms with Crippen molar-refractivity contribution in [1.29, 1.82) is 0 Å². The number of urea groups is 1. The zero-order valence-corrected chi connectivity index (χ0v) is 35.5. The molecule has 334 valence electrons. The zero-order chi connectivity index (χ0) is 45.6. The maximum absolute atomic E-state index is 13.7.